The van der Waals surface area contributed by atoms with Crippen molar-refractivity contribution in [2.75, 3.05) is 0 Å². The van der Waals surface area contributed by atoms with E-state index in [0.717, 1.165) is 22.3 Å². The molecule has 1 rings (SSSR count). The minimum absolute atomic E-state index is 0.180. The standard InChI is InChI=1S/C12H15NO2/c1-8(2)10(4)11-7-9(3)5-6-12(11)13(14)15/h5-7H,1-4H3. The Labute approximate surface area is 89.6 Å². The predicted octanol–water partition coefficient (Wildman–Crippen LogP) is 3.72. The van der Waals surface area contributed by atoms with Crippen molar-refractivity contribution in [3.63, 3.8) is 0 Å². The average molecular weight is 205 g/mol. The van der Waals surface area contributed by atoms with Gasteiger partial charge in [-0.25, -0.2) is 0 Å². The van der Waals surface area contributed by atoms with Crippen LogP contribution in [0, 0.1) is 17.0 Å². The molecule has 0 unspecified atom stereocenters. The molecule has 0 heterocycles. The van der Waals surface area contributed by atoms with E-state index in [-0.39, 0.29) is 10.6 Å². The maximum Gasteiger partial charge on any atom is 0.276 e. The SMILES string of the molecule is CC(C)=C(C)c1cc(C)ccc1[N+](=O)[O-]. The first-order valence-corrected chi connectivity index (χ1v) is 4.83. The van der Waals surface area contributed by atoms with Gasteiger partial charge >= 0.3 is 0 Å². The first-order chi connectivity index (χ1) is 6.93. The van der Waals surface area contributed by atoms with Gasteiger partial charge < -0.3 is 0 Å². The second-order valence-electron chi connectivity index (χ2n) is 3.90. The summed E-state index contributed by atoms with van der Waals surface area (Å²) < 4.78 is 0. The lowest BCUT2D eigenvalue weighted by atomic mass is 9.99. The number of rotatable bonds is 2. The third kappa shape index (κ3) is 2.43. The molecule has 1 aromatic rings. The number of allylic oxidation sites excluding steroid dienone is 2. The van der Waals surface area contributed by atoms with Crippen LogP contribution in [0.5, 0.6) is 0 Å². The molecule has 0 spiro atoms. The molecular weight excluding hydrogens is 190 g/mol. The van der Waals surface area contributed by atoms with Crippen molar-refractivity contribution in [2.24, 2.45) is 0 Å². The van der Waals surface area contributed by atoms with Crippen molar-refractivity contribution in [3.8, 4) is 0 Å². The van der Waals surface area contributed by atoms with Crippen LogP contribution in [0.25, 0.3) is 5.57 Å². The molecule has 3 heteroatoms. The first kappa shape index (κ1) is 11.4. The predicted molar refractivity (Wildman–Crippen MR) is 61.8 cm³/mol. The monoisotopic (exact) mass is 205 g/mol. The Kier molecular flexibility index (Phi) is 3.24. The molecule has 3 nitrogen and oxygen atoms in total. The molecular formula is C12H15NO2. The number of aryl methyl sites for hydroxylation is 1. The average Bonchev–Trinajstić information content (AvgIpc) is 2.15. The van der Waals surface area contributed by atoms with E-state index in [2.05, 4.69) is 0 Å². The summed E-state index contributed by atoms with van der Waals surface area (Å²) in [5, 5.41) is 10.8. The van der Waals surface area contributed by atoms with Gasteiger partial charge in [-0.05, 0) is 39.3 Å². The third-order valence-electron chi connectivity index (χ3n) is 2.50. The second-order valence-corrected chi connectivity index (χ2v) is 3.90. The maximum atomic E-state index is 10.8. The van der Waals surface area contributed by atoms with Gasteiger partial charge in [0.1, 0.15) is 0 Å². The summed E-state index contributed by atoms with van der Waals surface area (Å²) in [6, 6.07) is 5.19. The summed E-state index contributed by atoms with van der Waals surface area (Å²) in [5.74, 6) is 0. The molecule has 1 aromatic carbocycles. The summed E-state index contributed by atoms with van der Waals surface area (Å²) in [6.45, 7) is 7.77. The zero-order chi connectivity index (χ0) is 11.6. The summed E-state index contributed by atoms with van der Waals surface area (Å²) >= 11 is 0. The van der Waals surface area contributed by atoms with Gasteiger partial charge in [0.05, 0.1) is 10.5 Å². The lowest BCUT2D eigenvalue weighted by Crippen LogP contribution is -1.95. The number of nitro groups is 1. The van der Waals surface area contributed by atoms with Gasteiger partial charge in [0, 0.05) is 6.07 Å². The van der Waals surface area contributed by atoms with Crippen molar-refractivity contribution in [1.29, 1.82) is 0 Å². The van der Waals surface area contributed by atoms with Crippen LogP contribution >= 0.6 is 0 Å². The van der Waals surface area contributed by atoms with Crippen molar-refractivity contribution < 1.29 is 4.92 Å². The summed E-state index contributed by atoms with van der Waals surface area (Å²) in [7, 11) is 0. The van der Waals surface area contributed by atoms with Gasteiger partial charge in [-0.15, -0.1) is 0 Å². The minimum Gasteiger partial charge on any atom is -0.258 e. The number of hydrogen-bond donors (Lipinski definition) is 0. The van der Waals surface area contributed by atoms with Gasteiger partial charge in [-0.3, -0.25) is 10.1 Å². The number of benzene rings is 1. The van der Waals surface area contributed by atoms with Crippen molar-refractivity contribution in [2.45, 2.75) is 27.7 Å². The molecule has 0 atom stereocenters. The molecule has 0 aliphatic carbocycles. The van der Waals surface area contributed by atoms with Crippen LogP contribution in [0.15, 0.2) is 23.8 Å². The molecule has 0 bridgehead atoms. The van der Waals surface area contributed by atoms with E-state index >= 15 is 0 Å². The molecule has 0 fully saturated rings. The molecule has 0 amide bonds. The van der Waals surface area contributed by atoms with Gasteiger partial charge in [0.25, 0.3) is 5.69 Å². The molecule has 80 valence electrons. The van der Waals surface area contributed by atoms with Crippen LogP contribution in [0.3, 0.4) is 0 Å². The van der Waals surface area contributed by atoms with Crippen LogP contribution in [-0.2, 0) is 0 Å². The molecule has 15 heavy (non-hydrogen) atoms. The molecule has 0 saturated heterocycles. The van der Waals surface area contributed by atoms with Crippen molar-refractivity contribution in [1.82, 2.24) is 0 Å². The van der Waals surface area contributed by atoms with E-state index in [1.165, 1.54) is 0 Å². The van der Waals surface area contributed by atoms with E-state index in [1.807, 2.05) is 33.8 Å². The smallest absolute Gasteiger partial charge is 0.258 e. The molecule has 0 aliphatic rings. The Morgan fingerprint density at radius 2 is 1.87 bits per heavy atom. The Hall–Kier alpha value is -1.64. The molecule has 0 saturated carbocycles. The quantitative estimate of drug-likeness (QED) is 0.545. The van der Waals surface area contributed by atoms with E-state index in [1.54, 1.807) is 12.1 Å². The van der Waals surface area contributed by atoms with E-state index in [9.17, 15) is 10.1 Å². The normalized spacial score (nSPS) is 9.87. The van der Waals surface area contributed by atoms with Crippen LogP contribution in [0.4, 0.5) is 5.69 Å². The highest BCUT2D eigenvalue weighted by molar-refractivity contribution is 5.73. The van der Waals surface area contributed by atoms with Crippen LogP contribution in [0.2, 0.25) is 0 Å². The van der Waals surface area contributed by atoms with E-state index in [4.69, 9.17) is 0 Å². The first-order valence-electron chi connectivity index (χ1n) is 4.83. The Bertz CT molecular complexity index is 429. The Balaban J connectivity index is 3.44. The number of nitrogens with zero attached hydrogens (tertiary/aromatic N) is 1. The highest BCUT2D eigenvalue weighted by Crippen LogP contribution is 2.28. The molecule has 0 N–H and O–H groups in total. The minimum atomic E-state index is -0.332. The fraction of sp³-hybridized carbons (Fsp3) is 0.333. The molecule has 0 aliphatic heterocycles. The third-order valence-corrected chi connectivity index (χ3v) is 2.50. The largest absolute Gasteiger partial charge is 0.276 e. The second kappa shape index (κ2) is 4.26. The van der Waals surface area contributed by atoms with Crippen LogP contribution < -0.4 is 0 Å². The van der Waals surface area contributed by atoms with Crippen LogP contribution in [0.1, 0.15) is 31.9 Å². The number of hydrogen-bond acceptors (Lipinski definition) is 2. The zero-order valence-electron chi connectivity index (χ0n) is 9.50. The lowest BCUT2D eigenvalue weighted by molar-refractivity contribution is -0.385. The lowest BCUT2D eigenvalue weighted by Gasteiger charge is -2.06. The molecule has 0 radical (unpaired) electrons. The van der Waals surface area contributed by atoms with Crippen LogP contribution in [-0.4, -0.2) is 4.92 Å². The van der Waals surface area contributed by atoms with Gasteiger partial charge in [-0.1, -0.05) is 17.2 Å². The maximum absolute atomic E-state index is 10.8. The zero-order valence-corrected chi connectivity index (χ0v) is 9.50. The summed E-state index contributed by atoms with van der Waals surface area (Å²) in [5.41, 5.74) is 4.02. The highest BCUT2D eigenvalue weighted by atomic mass is 16.6. The van der Waals surface area contributed by atoms with E-state index in [0.29, 0.717) is 0 Å². The van der Waals surface area contributed by atoms with Gasteiger partial charge in [0.15, 0.2) is 0 Å². The fourth-order valence-corrected chi connectivity index (χ4v) is 1.38. The topological polar surface area (TPSA) is 43.1 Å². The van der Waals surface area contributed by atoms with Gasteiger partial charge in [-0.2, -0.15) is 0 Å². The Morgan fingerprint density at radius 3 is 2.33 bits per heavy atom. The summed E-state index contributed by atoms with van der Waals surface area (Å²) in [4.78, 5) is 10.5. The highest BCUT2D eigenvalue weighted by Gasteiger charge is 2.14. The number of nitro benzene ring substituents is 1. The fourth-order valence-electron chi connectivity index (χ4n) is 1.38. The van der Waals surface area contributed by atoms with Gasteiger partial charge in [0.2, 0.25) is 0 Å². The van der Waals surface area contributed by atoms with Crippen molar-refractivity contribution >= 4 is 11.3 Å². The Morgan fingerprint density at radius 1 is 1.27 bits per heavy atom. The van der Waals surface area contributed by atoms with Crippen molar-refractivity contribution in [3.05, 3.63) is 45.0 Å². The van der Waals surface area contributed by atoms with E-state index < -0.39 is 0 Å². The molecule has 0 aromatic heterocycles. The summed E-state index contributed by atoms with van der Waals surface area (Å²) in [6.07, 6.45) is 0.